The van der Waals surface area contributed by atoms with E-state index in [1.54, 1.807) is 22.5 Å². The van der Waals surface area contributed by atoms with Gasteiger partial charge in [0.15, 0.2) is 0 Å². The van der Waals surface area contributed by atoms with Crippen molar-refractivity contribution in [2.24, 2.45) is 0 Å². The molecular formula is C8H10O2SSn. The fraction of sp³-hybridized carbons (Fsp3) is 0.250. The van der Waals surface area contributed by atoms with Gasteiger partial charge in [-0.05, 0) is 0 Å². The van der Waals surface area contributed by atoms with Gasteiger partial charge < -0.3 is 8.42 Å². The van der Waals surface area contributed by atoms with Gasteiger partial charge in [-0.2, -0.15) is 0 Å². The van der Waals surface area contributed by atoms with Crippen molar-refractivity contribution in [2.45, 2.75) is 4.44 Å². The van der Waals surface area contributed by atoms with Crippen LogP contribution < -0.4 is 0 Å². The molecule has 4 heteroatoms. The summed E-state index contributed by atoms with van der Waals surface area (Å²) in [4.78, 5) is 0. The molecule has 0 fully saturated rings. The molecule has 1 rings (SSSR count). The van der Waals surface area contributed by atoms with Crippen LogP contribution in [-0.2, 0) is 23.6 Å². The van der Waals surface area contributed by atoms with Gasteiger partial charge in [0.1, 0.15) is 0 Å². The van der Waals surface area contributed by atoms with Crippen molar-refractivity contribution in [3.8, 4) is 0 Å². The van der Waals surface area contributed by atoms with Crippen molar-refractivity contribution in [1.82, 2.24) is 0 Å². The van der Waals surface area contributed by atoms with E-state index in [0.29, 0.717) is 0 Å². The Kier molecular flexibility index (Phi) is 7.59. The Morgan fingerprint density at radius 3 is 1.92 bits per heavy atom. The van der Waals surface area contributed by atoms with Crippen LogP contribution in [0.25, 0.3) is 0 Å². The number of benzene rings is 1. The van der Waals surface area contributed by atoms with Crippen LogP contribution >= 0.6 is 0 Å². The molecule has 1 aromatic rings. The quantitative estimate of drug-likeness (QED) is 0.576. The molecule has 0 unspecified atom stereocenters. The van der Waals surface area contributed by atoms with E-state index in [2.05, 4.69) is 30.3 Å². The molecule has 0 saturated heterocycles. The summed E-state index contributed by atoms with van der Waals surface area (Å²) in [7, 11) is -1.86. The van der Waals surface area contributed by atoms with Crippen molar-refractivity contribution in [2.75, 3.05) is 6.26 Å². The van der Waals surface area contributed by atoms with Crippen LogP contribution in [0, 0.1) is 0 Å². The fourth-order valence-corrected chi connectivity index (χ4v) is 1.27. The standard InChI is InChI=1S/C7H7.CH3O2S.Sn/c1-7-5-3-2-4-6-7;1-4(2)3;/h2-6H,1H2;1H3;/q;-1;+1. The zero-order valence-electron chi connectivity index (χ0n) is 6.82. The minimum atomic E-state index is -1.86. The zero-order chi connectivity index (χ0) is 9.40. The third kappa shape index (κ3) is 8.07. The molecule has 0 atom stereocenters. The summed E-state index contributed by atoms with van der Waals surface area (Å²) in [5, 5.41) is 0. The first-order valence-electron chi connectivity index (χ1n) is 3.36. The summed E-state index contributed by atoms with van der Waals surface area (Å²) in [5.41, 5.74) is 1.45. The maximum absolute atomic E-state index is 9.00. The summed E-state index contributed by atoms with van der Waals surface area (Å²) in [6.45, 7) is 0. The van der Waals surface area contributed by atoms with E-state index in [-0.39, 0.29) is 0 Å². The normalized spacial score (nSPS) is 8.83. The van der Waals surface area contributed by atoms with Gasteiger partial charge in [-0.15, -0.1) is 0 Å². The Bertz CT molecular complexity index is 262. The molecule has 0 spiro atoms. The second kappa shape index (κ2) is 7.61. The molecule has 12 heavy (non-hydrogen) atoms. The monoisotopic (exact) mass is 290 g/mol. The molecule has 2 radical (unpaired) electrons. The van der Waals surface area contributed by atoms with Gasteiger partial charge >= 0.3 is 62.9 Å². The van der Waals surface area contributed by atoms with Gasteiger partial charge in [0, 0.05) is 0 Å². The van der Waals surface area contributed by atoms with Crippen molar-refractivity contribution >= 4 is 33.2 Å². The first-order valence-corrected chi connectivity index (χ1v) is 6.86. The summed E-state index contributed by atoms with van der Waals surface area (Å²) < 4.78 is 19.2. The Labute approximate surface area is 88.0 Å². The third-order valence-electron chi connectivity index (χ3n) is 1.05. The maximum atomic E-state index is 9.00. The van der Waals surface area contributed by atoms with Crippen LogP contribution in [0.5, 0.6) is 0 Å². The fourth-order valence-electron chi connectivity index (χ4n) is 0.596. The molecule has 0 aliphatic carbocycles. The SMILES string of the molecule is C[S-](=O)=O.[Sn+][CH2]c1ccccc1. The van der Waals surface area contributed by atoms with Gasteiger partial charge in [0.05, 0.1) is 0 Å². The average Bonchev–Trinajstić information content (AvgIpc) is 2.05. The Morgan fingerprint density at radius 1 is 1.25 bits per heavy atom. The molecule has 0 saturated carbocycles. The van der Waals surface area contributed by atoms with Gasteiger partial charge in [0.2, 0.25) is 0 Å². The van der Waals surface area contributed by atoms with E-state index in [9.17, 15) is 0 Å². The first-order chi connectivity index (χ1) is 5.66. The molecule has 0 bridgehead atoms. The molecule has 0 N–H and O–H groups in total. The van der Waals surface area contributed by atoms with Gasteiger partial charge in [-0.25, -0.2) is 0 Å². The van der Waals surface area contributed by atoms with Crippen LogP contribution in [0.15, 0.2) is 30.3 Å². The Balaban J connectivity index is 0.000000261. The Morgan fingerprint density at radius 2 is 1.67 bits per heavy atom. The van der Waals surface area contributed by atoms with E-state index in [0.717, 1.165) is 6.26 Å². The molecule has 0 aliphatic rings. The predicted molar refractivity (Wildman–Crippen MR) is 50.6 cm³/mol. The van der Waals surface area contributed by atoms with E-state index < -0.39 is 10.7 Å². The van der Waals surface area contributed by atoms with Crippen molar-refractivity contribution in [3.63, 3.8) is 0 Å². The van der Waals surface area contributed by atoms with E-state index in [4.69, 9.17) is 8.42 Å². The second-order valence-corrected chi connectivity index (χ2v) is 3.88. The first kappa shape index (κ1) is 12.0. The van der Waals surface area contributed by atoms with Gasteiger partial charge in [-0.3, -0.25) is 0 Å². The Hall–Kier alpha value is -0.0313. The summed E-state index contributed by atoms with van der Waals surface area (Å²) >= 11 is 1.59. The van der Waals surface area contributed by atoms with E-state index in [1.807, 2.05) is 0 Å². The number of rotatable bonds is 1. The molecule has 2 nitrogen and oxygen atoms in total. The topological polar surface area (TPSA) is 34.1 Å². The van der Waals surface area contributed by atoms with Crippen LogP contribution in [0.4, 0.5) is 0 Å². The molecular weight excluding hydrogens is 279 g/mol. The number of hydrogen-bond donors (Lipinski definition) is 0. The molecule has 0 aromatic heterocycles. The summed E-state index contributed by atoms with van der Waals surface area (Å²) in [6, 6.07) is 10.5. The third-order valence-corrected chi connectivity index (χ3v) is 2.21. The molecule has 0 amide bonds. The van der Waals surface area contributed by atoms with Crippen LogP contribution in [0.1, 0.15) is 5.56 Å². The summed E-state index contributed by atoms with van der Waals surface area (Å²) in [5.74, 6) is 0. The van der Waals surface area contributed by atoms with Crippen LogP contribution in [0.2, 0.25) is 0 Å². The minimum absolute atomic E-state index is 1.08. The molecule has 0 aliphatic heterocycles. The van der Waals surface area contributed by atoms with Gasteiger partial charge in [-0.1, -0.05) is 17.0 Å². The van der Waals surface area contributed by atoms with Gasteiger partial charge in [0.25, 0.3) is 0 Å². The van der Waals surface area contributed by atoms with E-state index >= 15 is 0 Å². The molecule has 1 aromatic carbocycles. The van der Waals surface area contributed by atoms with Crippen molar-refractivity contribution in [3.05, 3.63) is 35.9 Å². The molecule has 64 valence electrons. The van der Waals surface area contributed by atoms with Crippen LogP contribution in [0.3, 0.4) is 0 Å². The van der Waals surface area contributed by atoms with E-state index in [1.165, 1.54) is 10.0 Å². The van der Waals surface area contributed by atoms with Crippen molar-refractivity contribution < 1.29 is 8.42 Å². The van der Waals surface area contributed by atoms with Crippen molar-refractivity contribution in [1.29, 1.82) is 0 Å². The van der Waals surface area contributed by atoms with Crippen LogP contribution in [-0.4, -0.2) is 28.8 Å². The molecule has 0 heterocycles. The number of hydrogen-bond acceptors (Lipinski definition) is 3. The summed E-state index contributed by atoms with van der Waals surface area (Å²) in [6.07, 6.45) is 1.08. The zero-order valence-corrected chi connectivity index (χ0v) is 10.5. The second-order valence-electron chi connectivity index (χ2n) is 2.06. The average molecular weight is 289 g/mol. The predicted octanol–water partition coefficient (Wildman–Crippen LogP) is 1.28.